The number of aryl methyl sites for hydroxylation is 2. The summed E-state index contributed by atoms with van der Waals surface area (Å²) < 4.78 is 5.73. The van der Waals surface area contributed by atoms with Crippen molar-refractivity contribution in [2.75, 3.05) is 6.61 Å². The molecule has 0 spiro atoms. The van der Waals surface area contributed by atoms with Gasteiger partial charge < -0.3 is 15.0 Å². The van der Waals surface area contributed by atoms with Gasteiger partial charge in [-0.15, -0.1) is 0 Å². The second kappa shape index (κ2) is 11.4. The van der Waals surface area contributed by atoms with Crippen LogP contribution in [0.5, 0.6) is 5.75 Å². The number of benzene rings is 2. The van der Waals surface area contributed by atoms with Gasteiger partial charge in [-0.05, 0) is 56.9 Å². The minimum atomic E-state index is -0.548. The van der Waals surface area contributed by atoms with E-state index in [9.17, 15) is 9.59 Å². The standard InChI is InChI=1S/C25H34N2O3/c1-6-20(5)26-25(29)23(7-2)27(16-21-11-9-8-10-19(21)4)24(28)17-30-22-14-12-18(3)13-15-22/h8-15,20,23H,6-7,16-17H2,1-5H3,(H,26,29)/t20-,23+/m1/s1. The summed E-state index contributed by atoms with van der Waals surface area (Å²) in [5.41, 5.74) is 3.24. The predicted octanol–water partition coefficient (Wildman–Crippen LogP) is 4.40. The Bertz CT molecular complexity index is 833. The number of rotatable bonds is 10. The molecule has 2 amide bonds. The molecule has 0 aliphatic rings. The lowest BCUT2D eigenvalue weighted by Gasteiger charge is -2.31. The van der Waals surface area contributed by atoms with Crippen LogP contribution in [-0.2, 0) is 16.1 Å². The van der Waals surface area contributed by atoms with Gasteiger partial charge >= 0.3 is 0 Å². The first kappa shape index (κ1) is 23.5. The second-order valence-electron chi connectivity index (χ2n) is 7.79. The summed E-state index contributed by atoms with van der Waals surface area (Å²) in [6.45, 7) is 10.2. The summed E-state index contributed by atoms with van der Waals surface area (Å²) in [5.74, 6) is 0.316. The van der Waals surface area contributed by atoms with Crippen molar-refractivity contribution in [1.29, 1.82) is 0 Å². The van der Waals surface area contributed by atoms with Gasteiger partial charge in [0.15, 0.2) is 6.61 Å². The number of ether oxygens (including phenoxy) is 1. The summed E-state index contributed by atoms with van der Waals surface area (Å²) >= 11 is 0. The molecule has 0 aromatic heterocycles. The predicted molar refractivity (Wildman–Crippen MR) is 120 cm³/mol. The number of amides is 2. The van der Waals surface area contributed by atoms with Crippen LogP contribution in [0.2, 0.25) is 0 Å². The minimum Gasteiger partial charge on any atom is -0.484 e. The molecule has 2 atom stereocenters. The second-order valence-corrected chi connectivity index (χ2v) is 7.79. The summed E-state index contributed by atoms with van der Waals surface area (Å²) in [5, 5.41) is 3.02. The third kappa shape index (κ3) is 6.61. The maximum atomic E-state index is 13.2. The number of hydrogen-bond donors (Lipinski definition) is 1. The van der Waals surface area contributed by atoms with Gasteiger partial charge in [0.25, 0.3) is 5.91 Å². The molecule has 0 fully saturated rings. The first-order valence-electron chi connectivity index (χ1n) is 10.7. The molecule has 0 saturated heterocycles. The molecule has 162 valence electrons. The molecule has 5 nitrogen and oxygen atoms in total. The van der Waals surface area contributed by atoms with E-state index >= 15 is 0 Å². The van der Waals surface area contributed by atoms with Crippen molar-refractivity contribution in [2.45, 2.75) is 66.1 Å². The van der Waals surface area contributed by atoms with Crippen LogP contribution in [0.15, 0.2) is 48.5 Å². The van der Waals surface area contributed by atoms with Crippen molar-refractivity contribution < 1.29 is 14.3 Å². The van der Waals surface area contributed by atoms with Gasteiger partial charge in [0.1, 0.15) is 11.8 Å². The van der Waals surface area contributed by atoms with Crippen molar-refractivity contribution in [3.63, 3.8) is 0 Å². The Labute approximate surface area is 180 Å². The first-order chi connectivity index (χ1) is 14.3. The molecular weight excluding hydrogens is 376 g/mol. The van der Waals surface area contributed by atoms with E-state index in [0.29, 0.717) is 18.7 Å². The molecule has 0 aliphatic carbocycles. The molecule has 5 heteroatoms. The number of carbonyl (C=O) groups excluding carboxylic acids is 2. The van der Waals surface area contributed by atoms with E-state index in [1.807, 2.05) is 83.1 Å². The van der Waals surface area contributed by atoms with Crippen molar-refractivity contribution in [3.05, 3.63) is 65.2 Å². The topological polar surface area (TPSA) is 58.6 Å². The van der Waals surface area contributed by atoms with Gasteiger partial charge in [0.05, 0.1) is 0 Å². The summed E-state index contributed by atoms with van der Waals surface area (Å²) in [7, 11) is 0. The molecular formula is C25H34N2O3. The number of nitrogens with zero attached hydrogens (tertiary/aromatic N) is 1. The molecule has 2 rings (SSSR count). The molecule has 0 unspecified atom stereocenters. The van der Waals surface area contributed by atoms with Crippen LogP contribution in [-0.4, -0.2) is 35.4 Å². The number of nitrogens with one attached hydrogen (secondary N) is 1. The third-order valence-electron chi connectivity index (χ3n) is 5.37. The molecule has 0 aliphatic heterocycles. The highest BCUT2D eigenvalue weighted by molar-refractivity contribution is 5.88. The molecule has 1 N–H and O–H groups in total. The quantitative estimate of drug-likeness (QED) is 0.631. The highest BCUT2D eigenvalue weighted by Crippen LogP contribution is 2.17. The lowest BCUT2D eigenvalue weighted by atomic mass is 10.1. The van der Waals surface area contributed by atoms with Gasteiger partial charge in [0, 0.05) is 12.6 Å². The Balaban J connectivity index is 2.21. The van der Waals surface area contributed by atoms with E-state index in [1.165, 1.54) is 0 Å². The zero-order valence-electron chi connectivity index (χ0n) is 18.8. The Kier molecular flexibility index (Phi) is 8.90. The Morgan fingerprint density at radius 1 is 1.00 bits per heavy atom. The normalized spacial score (nSPS) is 12.7. The summed E-state index contributed by atoms with van der Waals surface area (Å²) in [6.07, 6.45) is 1.37. The van der Waals surface area contributed by atoms with Crippen LogP contribution in [0.4, 0.5) is 0 Å². The largest absolute Gasteiger partial charge is 0.484 e. The third-order valence-corrected chi connectivity index (χ3v) is 5.37. The molecule has 2 aromatic carbocycles. The van der Waals surface area contributed by atoms with Crippen molar-refractivity contribution in [1.82, 2.24) is 10.2 Å². The van der Waals surface area contributed by atoms with Crippen LogP contribution in [0.3, 0.4) is 0 Å². The highest BCUT2D eigenvalue weighted by atomic mass is 16.5. The Hall–Kier alpha value is -2.82. The monoisotopic (exact) mass is 410 g/mol. The van der Waals surface area contributed by atoms with E-state index in [4.69, 9.17) is 4.74 Å². The van der Waals surface area contributed by atoms with Gasteiger partial charge in [-0.2, -0.15) is 0 Å². The van der Waals surface area contributed by atoms with Crippen LogP contribution in [0.25, 0.3) is 0 Å². The smallest absolute Gasteiger partial charge is 0.261 e. The van der Waals surface area contributed by atoms with E-state index < -0.39 is 6.04 Å². The van der Waals surface area contributed by atoms with Crippen molar-refractivity contribution >= 4 is 11.8 Å². The summed E-state index contributed by atoms with van der Waals surface area (Å²) in [4.78, 5) is 27.8. The fourth-order valence-electron chi connectivity index (χ4n) is 3.19. The van der Waals surface area contributed by atoms with Gasteiger partial charge in [-0.3, -0.25) is 9.59 Å². The molecule has 2 aromatic rings. The Morgan fingerprint density at radius 3 is 2.27 bits per heavy atom. The molecule has 30 heavy (non-hydrogen) atoms. The molecule has 0 bridgehead atoms. The zero-order chi connectivity index (χ0) is 22.1. The Morgan fingerprint density at radius 2 is 1.67 bits per heavy atom. The van der Waals surface area contributed by atoms with Crippen LogP contribution in [0.1, 0.15) is 50.3 Å². The van der Waals surface area contributed by atoms with E-state index in [0.717, 1.165) is 23.1 Å². The van der Waals surface area contributed by atoms with Gasteiger partial charge in [0.2, 0.25) is 5.91 Å². The van der Waals surface area contributed by atoms with Gasteiger partial charge in [-0.1, -0.05) is 55.8 Å². The SMILES string of the molecule is CC[C@@H](C)NC(=O)[C@H](CC)N(Cc1ccccc1C)C(=O)COc1ccc(C)cc1. The van der Waals surface area contributed by atoms with E-state index in [1.54, 1.807) is 4.90 Å². The molecule has 0 radical (unpaired) electrons. The fourth-order valence-corrected chi connectivity index (χ4v) is 3.19. The van der Waals surface area contributed by atoms with Crippen LogP contribution < -0.4 is 10.1 Å². The van der Waals surface area contributed by atoms with E-state index in [-0.39, 0.29) is 24.5 Å². The zero-order valence-corrected chi connectivity index (χ0v) is 18.8. The van der Waals surface area contributed by atoms with Crippen LogP contribution in [0, 0.1) is 13.8 Å². The first-order valence-corrected chi connectivity index (χ1v) is 10.7. The van der Waals surface area contributed by atoms with Gasteiger partial charge in [-0.25, -0.2) is 0 Å². The summed E-state index contributed by atoms with van der Waals surface area (Å²) in [6, 6.07) is 15.0. The van der Waals surface area contributed by atoms with E-state index in [2.05, 4.69) is 5.32 Å². The maximum absolute atomic E-state index is 13.2. The average molecular weight is 411 g/mol. The van der Waals surface area contributed by atoms with Crippen molar-refractivity contribution in [2.24, 2.45) is 0 Å². The molecule has 0 saturated carbocycles. The molecule has 0 heterocycles. The lowest BCUT2D eigenvalue weighted by Crippen LogP contribution is -2.51. The minimum absolute atomic E-state index is 0.0609. The number of hydrogen-bond acceptors (Lipinski definition) is 3. The lowest BCUT2D eigenvalue weighted by molar-refractivity contribution is -0.143. The average Bonchev–Trinajstić information content (AvgIpc) is 2.74. The van der Waals surface area contributed by atoms with Crippen molar-refractivity contribution in [3.8, 4) is 5.75 Å². The number of carbonyl (C=O) groups is 2. The fraction of sp³-hybridized carbons (Fsp3) is 0.440. The maximum Gasteiger partial charge on any atom is 0.261 e. The van der Waals surface area contributed by atoms with Crippen LogP contribution >= 0.6 is 0 Å². The highest BCUT2D eigenvalue weighted by Gasteiger charge is 2.29.